The van der Waals surface area contributed by atoms with Gasteiger partial charge in [-0.25, -0.2) is 13.9 Å². The number of aryl methyl sites for hydroxylation is 1. The van der Waals surface area contributed by atoms with Crippen LogP contribution in [0.15, 0.2) is 18.2 Å². The van der Waals surface area contributed by atoms with Crippen LogP contribution in [0.2, 0.25) is 0 Å². The van der Waals surface area contributed by atoms with Crippen LogP contribution in [0.5, 0.6) is 0 Å². The average molecular weight is 361 g/mol. The fourth-order valence-electron chi connectivity index (χ4n) is 3.02. The number of rotatable bonds is 5. The molecule has 0 fully saturated rings. The molecule has 2 aromatic rings. The second-order valence-corrected chi connectivity index (χ2v) is 6.76. The van der Waals surface area contributed by atoms with Gasteiger partial charge < -0.3 is 15.5 Å². The summed E-state index contributed by atoms with van der Waals surface area (Å²) in [6, 6.07) is 4.68. The van der Waals surface area contributed by atoms with Gasteiger partial charge in [0.05, 0.1) is 6.54 Å². The third-order valence-electron chi connectivity index (χ3n) is 4.53. The first kappa shape index (κ1) is 18.1. The van der Waals surface area contributed by atoms with Gasteiger partial charge in [-0.05, 0) is 50.8 Å². The Balaban J connectivity index is 1.94. The number of carbonyl (C=O) groups is 2. The van der Waals surface area contributed by atoms with Crippen LogP contribution in [0.3, 0.4) is 0 Å². The number of aromatic nitrogens is 2. The zero-order valence-corrected chi connectivity index (χ0v) is 14.5. The summed E-state index contributed by atoms with van der Waals surface area (Å²) in [5.74, 6) is -2.46. The molecule has 0 saturated heterocycles. The molecule has 7 nitrogen and oxygen atoms in total. The van der Waals surface area contributed by atoms with Gasteiger partial charge in [-0.15, -0.1) is 0 Å². The van der Waals surface area contributed by atoms with Gasteiger partial charge in [-0.1, -0.05) is 6.07 Å². The van der Waals surface area contributed by atoms with Crippen LogP contribution in [0.1, 0.15) is 40.7 Å². The van der Waals surface area contributed by atoms with E-state index in [0.717, 1.165) is 30.2 Å². The van der Waals surface area contributed by atoms with E-state index < -0.39 is 29.8 Å². The number of aliphatic hydroxyl groups is 1. The van der Waals surface area contributed by atoms with Crippen LogP contribution in [-0.2, 0) is 17.6 Å². The lowest BCUT2D eigenvalue weighted by Gasteiger charge is -2.17. The molecule has 0 radical (unpaired) electrons. The van der Waals surface area contributed by atoms with Crippen molar-refractivity contribution in [2.45, 2.75) is 38.7 Å². The zero-order valence-electron chi connectivity index (χ0n) is 14.5. The molecule has 138 valence electrons. The van der Waals surface area contributed by atoms with Crippen molar-refractivity contribution in [1.82, 2.24) is 15.1 Å². The lowest BCUT2D eigenvalue weighted by atomic mass is 10.1. The lowest BCUT2D eigenvalue weighted by molar-refractivity contribution is -0.155. The number of aliphatic carboxylic acids is 1. The molecule has 26 heavy (non-hydrogen) atoms. The molecular weight excluding hydrogens is 341 g/mol. The van der Waals surface area contributed by atoms with E-state index in [1.54, 1.807) is 12.1 Å². The Bertz CT molecular complexity index is 889. The van der Waals surface area contributed by atoms with E-state index in [1.807, 2.05) is 6.92 Å². The normalized spacial score (nSPS) is 15.4. The molecule has 1 aliphatic carbocycles. The van der Waals surface area contributed by atoms with Crippen LogP contribution in [-0.4, -0.2) is 44.0 Å². The predicted octanol–water partition coefficient (Wildman–Crippen LogP) is 1.37. The highest BCUT2D eigenvalue weighted by atomic mass is 19.1. The van der Waals surface area contributed by atoms with Gasteiger partial charge in [0.25, 0.3) is 5.91 Å². The van der Waals surface area contributed by atoms with Crippen molar-refractivity contribution in [3.8, 4) is 5.69 Å². The van der Waals surface area contributed by atoms with E-state index in [2.05, 4.69) is 10.4 Å². The first-order valence-electron chi connectivity index (χ1n) is 8.32. The number of hydrogen-bond donors (Lipinski definition) is 3. The van der Waals surface area contributed by atoms with E-state index in [-0.39, 0.29) is 11.4 Å². The third-order valence-corrected chi connectivity index (χ3v) is 4.53. The molecule has 0 aliphatic heterocycles. The van der Waals surface area contributed by atoms with Crippen LogP contribution in [0, 0.1) is 12.7 Å². The third kappa shape index (κ3) is 3.20. The first-order chi connectivity index (χ1) is 12.2. The average Bonchev–Trinajstić information content (AvgIpc) is 3.17. The molecule has 1 aromatic carbocycles. The minimum Gasteiger partial charge on any atom is -0.479 e. The smallest absolute Gasteiger partial charge is 0.337 e. The molecule has 1 aliphatic rings. The van der Waals surface area contributed by atoms with Crippen LogP contribution in [0.25, 0.3) is 5.69 Å². The van der Waals surface area contributed by atoms with Gasteiger partial charge in [0.15, 0.2) is 11.3 Å². The number of hydrogen-bond acceptors (Lipinski definition) is 4. The van der Waals surface area contributed by atoms with Crippen LogP contribution in [0.4, 0.5) is 4.39 Å². The summed E-state index contributed by atoms with van der Waals surface area (Å²) in [7, 11) is 0. The zero-order chi connectivity index (χ0) is 19.1. The fraction of sp³-hybridized carbons (Fsp3) is 0.389. The summed E-state index contributed by atoms with van der Waals surface area (Å²) >= 11 is 0. The van der Waals surface area contributed by atoms with Crippen molar-refractivity contribution in [1.29, 1.82) is 0 Å². The Morgan fingerprint density at radius 3 is 2.81 bits per heavy atom. The molecule has 1 atom stereocenters. The molecule has 1 unspecified atom stereocenters. The van der Waals surface area contributed by atoms with E-state index in [9.17, 15) is 19.1 Å². The summed E-state index contributed by atoms with van der Waals surface area (Å²) in [5, 5.41) is 25.4. The van der Waals surface area contributed by atoms with E-state index in [1.165, 1.54) is 10.7 Å². The highest BCUT2D eigenvalue weighted by Gasteiger charge is 2.32. The maximum atomic E-state index is 14.3. The van der Waals surface area contributed by atoms with Crippen molar-refractivity contribution in [2.75, 3.05) is 6.54 Å². The second-order valence-electron chi connectivity index (χ2n) is 6.76. The number of carbonyl (C=O) groups excluding carboxylic acids is 1. The summed E-state index contributed by atoms with van der Waals surface area (Å²) < 4.78 is 15.7. The predicted molar refractivity (Wildman–Crippen MR) is 90.9 cm³/mol. The number of benzene rings is 1. The van der Waals surface area contributed by atoms with Crippen molar-refractivity contribution < 1.29 is 24.2 Å². The van der Waals surface area contributed by atoms with Gasteiger partial charge >= 0.3 is 5.97 Å². The molecule has 1 amide bonds. The summed E-state index contributed by atoms with van der Waals surface area (Å²) in [6.07, 6.45) is 2.14. The summed E-state index contributed by atoms with van der Waals surface area (Å²) in [6.45, 7) is 2.48. The Labute approximate surface area is 149 Å². The van der Waals surface area contributed by atoms with Crippen molar-refractivity contribution >= 4 is 11.9 Å². The summed E-state index contributed by atoms with van der Waals surface area (Å²) in [4.78, 5) is 23.4. The standard InChI is InChI=1S/C18H20FN3O4/c1-10-6-7-12(19)14(8-10)22-13-5-3-4-11(13)15(21-22)16(23)20-9-18(2,26)17(24)25/h6-8,26H,3-5,9H2,1-2H3,(H,20,23)(H,24,25). The molecule has 3 rings (SSSR count). The maximum Gasteiger partial charge on any atom is 0.337 e. The molecule has 0 spiro atoms. The number of carboxylic acid groups (broad SMARTS) is 1. The van der Waals surface area contributed by atoms with Crippen molar-refractivity contribution in [3.63, 3.8) is 0 Å². The topological polar surface area (TPSA) is 104 Å². The van der Waals surface area contributed by atoms with Crippen molar-refractivity contribution in [2.24, 2.45) is 0 Å². The van der Waals surface area contributed by atoms with E-state index in [4.69, 9.17) is 5.11 Å². The number of nitrogens with one attached hydrogen (secondary N) is 1. The number of fused-ring (bicyclic) bond motifs is 1. The molecule has 0 bridgehead atoms. The number of nitrogens with zero attached hydrogens (tertiary/aromatic N) is 2. The maximum absolute atomic E-state index is 14.3. The highest BCUT2D eigenvalue weighted by molar-refractivity contribution is 5.94. The monoisotopic (exact) mass is 361 g/mol. The van der Waals surface area contributed by atoms with Gasteiger partial charge in [-0.3, -0.25) is 4.79 Å². The number of halogens is 1. The Morgan fingerprint density at radius 1 is 1.38 bits per heavy atom. The second kappa shape index (κ2) is 6.53. The summed E-state index contributed by atoms with van der Waals surface area (Å²) in [5.41, 5.74) is 0.721. The van der Waals surface area contributed by atoms with Gasteiger partial charge in [0.2, 0.25) is 0 Å². The van der Waals surface area contributed by atoms with E-state index in [0.29, 0.717) is 12.8 Å². The van der Waals surface area contributed by atoms with Gasteiger partial charge in [0, 0.05) is 11.3 Å². The molecule has 3 N–H and O–H groups in total. The number of carboxylic acids is 1. The molecular formula is C18H20FN3O4. The quantitative estimate of drug-likeness (QED) is 0.746. The van der Waals surface area contributed by atoms with E-state index >= 15 is 0 Å². The van der Waals surface area contributed by atoms with Crippen LogP contribution >= 0.6 is 0 Å². The fourth-order valence-corrected chi connectivity index (χ4v) is 3.02. The highest BCUT2D eigenvalue weighted by Crippen LogP contribution is 2.29. The van der Waals surface area contributed by atoms with Crippen molar-refractivity contribution in [3.05, 3.63) is 46.5 Å². The number of amides is 1. The minimum absolute atomic E-state index is 0.139. The molecule has 1 heterocycles. The Hall–Kier alpha value is -2.74. The lowest BCUT2D eigenvalue weighted by Crippen LogP contribution is -2.46. The first-order valence-corrected chi connectivity index (χ1v) is 8.32. The van der Waals surface area contributed by atoms with Crippen LogP contribution < -0.4 is 5.32 Å². The molecule has 1 aromatic heterocycles. The van der Waals surface area contributed by atoms with Gasteiger partial charge in [-0.2, -0.15) is 5.10 Å². The molecule has 8 heteroatoms. The SMILES string of the molecule is Cc1ccc(F)c(-n2nc(C(=O)NCC(C)(O)C(=O)O)c3c2CCC3)c1. The largest absolute Gasteiger partial charge is 0.479 e. The molecule has 0 saturated carbocycles. The Morgan fingerprint density at radius 2 is 2.12 bits per heavy atom. The van der Waals surface area contributed by atoms with Gasteiger partial charge in [0.1, 0.15) is 11.5 Å². The minimum atomic E-state index is -2.08. The Kier molecular flexibility index (Phi) is 4.53.